The molecule has 0 radical (unpaired) electrons. The standard InChI is InChI=1S/C17H20F3N3O3/c1-26-14-4-2-3-11-9-22(7-5-12(11)14)16(25)21-13-6-8-23(15(13)24)10-17(18,19)20/h2-4,13H,5-10H2,1H3,(H,21,25). The minimum absolute atomic E-state index is 0.0106. The van der Waals surface area contributed by atoms with E-state index in [9.17, 15) is 22.8 Å². The number of amides is 3. The highest BCUT2D eigenvalue weighted by Crippen LogP contribution is 2.28. The molecular weight excluding hydrogens is 351 g/mol. The van der Waals surface area contributed by atoms with Crippen molar-refractivity contribution in [2.24, 2.45) is 0 Å². The lowest BCUT2D eigenvalue weighted by molar-refractivity contribution is -0.157. The molecule has 26 heavy (non-hydrogen) atoms. The maximum Gasteiger partial charge on any atom is 0.406 e. The molecule has 0 bridgehead atoms. The number of carbonyl (C=O) groups excluding carboxylic acids is 2. The third kappa shape index (κ3) is 3.86. The van der Waals surface area contributed by atoms with Crippen molar-refractivity contribution >= 4 is 11.9 Å². The lowest BCUT2D eigenvalue weighted by Crippen LogP contribution is -2.49. The Hall–Kier alpha value is -2.45. The smallest absolute Gasteiger partial charge is 0.406 e. The van der Waals surface area contributed by atoms with Crippen LogP contribution >= 0.6 is 0 Å². The number of benzene rings is 1. The van der Waals surface area contributed by atoms with Crippen molar-refractivity contribution in [1.82, 2.24) is 15.1 Å². The van der Waals surface area contributed by atoms with E-state index in [0.29, 0.717) is 19.5 Å². The van der Waals surface area contributed by atoms with Crippen molar-refractivity contribution in [3.8, 4) is 5.75 Å². The normalized spacial score (nSPS) is 20.2. The highest BCUT2D eigenvalue weighted by Gasteiger charge is 2.40. The van der Waals surface area contributed by atoms with Gasteiger partial charge in [-0.25, -0.2) is 4.79 Å². The van der Waals surface area contributed by atoms with Gasteiger partial charge in [0.25, 0.3) is 0 Å². The number of hydrogen-bond donors (Lipinski definition) is 1. The fraction of sp³-hybridized carbons (Fsp3) is 0.529. The first-order valence-corrected chi connectivity index (χ1v) is 8.34. The molecule has 2 aliphatic heterocycles. The first-order chi connectivity index (χ1) is 12.3. The Bertz CT molecular complexity index is 708. The van der Waals surface area contributed by atoms with Crippen molar-refractivity contribution in [3.05, 3.63) is 29.3 Å². The number of fused-ring (bicyclic) bond motifs is 1. The number of hydrogen-bond acceptors (Lipinski definition) is 3. The van der Waals surface area contributed by atoms with Gasteiger partial charge < -0.3 is 19.9 Å². The van der Waals surface area contributed by atoms with Crippen LogP contribution in [0.25, 0.3) is 0 Å². The summed E-state index contributed by atoms with van der Waals surface area (Å²) in [4.78, 5) is 26.8. The fourth-order valence-corrected chi connectivity index (χ4v) is 3.43. The number of nitrogens with zero attached hydrogens (tertiary/aromatic N) is 2. The number of rotatable bonds is 3. The van der Waals surface area contributed by atoms with Crippen LogP contribution in [0.1, 0.15) is 17.5 Å². The van der Waals surface area contributed by atoms with E-state index in [1.807, 2.05) is 18.2 Å². The molecule has 1 atom stereocenters. The summed E-state index contributed by atoms with van der Waals surface area (Å²) in [6.07, 6.45) is -3.64. The summed E-state index contributed by atoms with van der Waals surface area (Å²) in [5.41, 5.74) is 2.01. The summed E-state index contributed by atoms with van der Waals surface area (Å²) in [7, 11) is 1.59. The van der Waals surface area contributed by atoms with E-state index < -0.39 is 30.7 Å². The number of nitrogens with one attached hydrogen (secondary N) is 1. The molecule has 3 amide bonds. The average molecular weight is 371 g/mol. The van der Waals surface area contributed by atoms with Gasteiger partial charge in [0.15, 0.2) is 0 Å². The Morgan fingerprint density at radius 3 is 2.81 bits per heavy atom. The van der Waals surface area contributed by atoms with Gasteiger partial charge in [-0.15, -0.1) is 0 Å². The van der Waals surface area contributed by atoms with Crippen LogP contribution in [0.3, 0.4) is 0 Å². The van der Waals surface area contributed by atoms with Crippen molar-refractivity contribution in [2.75, 3.05) is 26.7 Å². The van der Waals surface area contributed by atoms with Gasteiger partial charge in [-0.3, -0.25) is 4.79 Å². The number of likely N-dealkylation sites (tertiary alicyclic amines) is 1. The molecule has 6 nitrogen and oxygen atoms in total. The van der Waals surface area contributed by atoms with Crippen molar-refractivity contribution in [1.29, 1.82) is 0 Å². The summed E-state index contributed by atoms with van der Waals surface area (Å²) < 4.78 is 42.7. The largest absolute Gasteiger partial charge is 0.496 e. The predicted molar refractivity (Wildman–Crippen MR) is 86.7 cm³/mol. The van der Waals surface area contributed by atoms with Gasteiger partial charge in [0.2, 0.25) is 5.91 Å². The van der Waals surface area contributed by atoms with Crippen LogP contribution in [0.2, 0.25) is 0 Å². The minimum Gasteiger partial charge on any atom is -0.496 e. The first-order valence-electron chi connectivity index (χ1n) is 8.34. The quantitative estimate of drug-likeness (QED) is 0.883. The lowest BCUT2D eigenvalue weighted by Gasteiger charge is -2.30. The zero-order valence-corrected chi connectivity index (χ0v) is 14.3. The Morgan fingerprint density at radius 1 is 1.35 bits per heavy atom. The molecule has 142 valence electrons. The number of alkyl halides is 3. The lowest BCUT2D eigenvalue weighted by atomic mass is 9.99. The third-order valence-electron chi connectivity index (χ3n) is 4.70. The van der Waals surface area contributed by atoms with Gasteiger partial charge in [0, 0.05) is 25.2 Å². The second-order valence-corrected chi connectivity index (χ2v) is 6.44. The Morgan fingerprint density at radius 2 is 2.12 bits per heavy atom. The molecule has 2 aliphatic rings. The number of carbonyl (C=O) groups is 2. The SMILES string of the molecule is COc1cccc2c1CCN(C(=O)NC1CCN(CC(F)(F)F)C1=O)C2. The van der Waals surface area contributed by atoms with Crippen molar-refractivity contribution in [3.63, 3.8) is 0 Å². The molecule has 0 aliphatic carbocycles. The monoisotopic (exact) mass is 371 g/mol. The highest BCUT2D eigenvalue weighted by atomic mass is 19.4. The molecule has 3 rings (SSSR count). The molecule has 0 aromatic heterocycles. The van der Waals surface area contributed by atoms with E-state index in [1.165, 1.54) is 0 Å². The van der Waals surface area contributed by atoms with Crippen LogP contribution < -0.4 is 10.1 Å². The van der Waals surface area contributed by atoms with Crippen LogP contribution in [0.5, 0.6) is 5.75 Å². The maximum atomic E-state index is 12.5. The second kappa shape index (κ2) is 7.05. The highest BCUT2D eigenvalue weighted by molar-refractivity contribution is 5.88. The average Bonchev–Trinajstić information content (AvgIpc) is 2.92. The molecule has 1 unspecified atom stereocenters. The zero-order chi connectivity index (χ0) is 18.9. The van der Waals surface area contributed by atoms with E-state index >= 15 is 0 Å². The molecule has 0 saturated carbocycles. The Labute approximate surface area is 148 Å². The molecular formula is C17H20F3N3O3. The first kappa shape index (κ1) is 18.3. The van der Waals surface area contributed by atoms with Gasteiger partial charge in [-0.1, -0.05) is 12.1 Å². The number of urea groups is 1. The second-order valence-electron chi connectivity index (χ2n) is 6.44. The van der Waals surface area contributed by atoms with Gasteiger partial charge in [0.1, 0.15) is 18.3 Å². The maximum absolute atomic E-state index is 12.5. The predicted octanol–water partition coefficient (Wildman–Crippen LogP) is 1.93. The molecule has 2 heterocycles. The summed E-state index contributed by atoms with van der Waals surface area (Å²) in [6.45, 7) is -0.476. The summed E-state index contributed by atoms with van der Waals surface area (Å²) in [5, 5.41) is 2.57. The van der Waals surface area contributed by atoms with Crippen LogP contribution in [0, 0.1) is 0 Å². The molecule has 1 aromatic carbocycles. The fourth-order valence-electron chi connectivity index (χ4n) is 3.43. The Balaban J connectivity index is 1.60. The van der Waals surface area contributed by atoms with E-state index in [2.05, 4.69) is 5.32 Å². The summed E-state index contributed by atoms with van der Waals surface area (Å²) in [6, 6.07) is 4.26. The van der Waals surface area contributed by atoms with E-state index in [0.717, 1.165) is 21.8 Å². The van der Waals surface area contributed by atoms with Crippen LogP contribution in [0.15, 0.2) is 18.2 Å². The van der Waals surface area contributed by atoms with Gasteiger partial charge in [0.05, 0.1) is 7.11 Å². The topological polar surface area (TPSA) is 61.9 Å². The third-order valence-corrected chi connectivity index (χ3v) is 4.70. The van der Waals surface area contributed by atoms with Gasteiger partial charge in [-0.05, 0) is 24.5 Å². The van der Waals surface area contributed by atoms with Crippen LogP contribution in [-0.4, -0.2) is 60.7 Å². The van der Waals surface area contributed by atoms with Gasteiger partial charge >= 0.3 is 12.2 Å². The minimum atomic E-state index is -4.44. The van der Waals surface area contributed by atoms with Crippen LogP contribution in [-0.2, 0) is 17.8 Å². The molecule has 1 saturated heterocycles. The number of ether oxygens (including phenoxy) is 1. The Kier molecular flexibility index (Phi) is 4.97. The summed E-state index contributed by atoms with van der Waals surface area (Å²) >= 11 is 0. The zero-order valence-electron chi connectivity index (χ0n) is 14.3. The number of methoxy groups -OCH3 is 1. The van der Waals surface area contributed by atoms with Crippen LogP contribution in [0.4, 0.5) is 18.0 Å². The molecule has 9 heteroatoms. The van der Waals surface area contributed by atoms with E-state index in [4.69, 9.17) is 4.74 Å². The van der Waals surface area contributed by atoms with Crippen molar-refractivity contribution in [2.45, 2.75) is 31.6 Å². The molecule has 1 fully saturated rings. The van der Waals surface area contributed by atoms with E-state index in [1.54, 1.807) is 12.0 Å². The molecule has 1 aromatic rings. The van der Waals surface area contributed by atoms with Crippen molar-refractivity contribution < 1.29 is 27.5 Å². The molecule has 1 N–H and O–H groups in total. The number of halogens is 3. The van der Waals surface area contributed by atoms with Gasteiger partial charge in [-0.2, -0.15) is 13.2 Å². The summed E-state index contributed by atoms with van der Waals surface area (Å²) in [5.74, 6) is 0.0890. The molecule has 0 spiro atoms. The van der Waals surface area contributed by atoms with E-state index in [-0.39, 0.29) is 13.0 Å².